The Kier molecular flexibility index (Phi) is 0.442. The molecule has 1 nitrogen and oxygen atoms in total. The molecule has 1 aliphatic rings. The van der Waals surface area contributed by atoms with Gasteiger partial charge in [0, 0.05) is 5.54 Å². The van der Waals surface area contributed by atoms with Crippen LogP contribution in [0.25, 0.3) is 0 Å². The first-order valence-corrected chi connectivity index (χ1v) is 2.10. The maximum absolute atomic E-state index is 5.51. The first-order valence-electron chi connectivity index (χ1n) is 2.10. The van der Waals surface area contributed by atoms with Crippen molar-refractivity contribution in [2.45, 2.75) is 18.9 Å². The largest absolute Gasteiger partial charge is 0.322 e. The third-order valence-electron chi connectivity index (χ3n) is 1.26. The lowest BCUT2D eigenvalue weighted by Crippen LogP contribution is -2.15. The molecular weight excluding hydrogens is 74.1 g/mol. The van der Waals surface area contributed by atoms with Gasteiger partial charge < -0.3 is 5.73 Å². The van der Waals surface area contributed by atoms with E-state index in [1.54, 1.807) is 0 Å². The van der Waals surface area contributed by atoms with Gasteiger partial charge in [0.25, 0.3) is 0 Å². The minimum absolute atomic E-state index is 0.0139. The van der Waals surface area contributed by atoms with Gasteiger partial charge in [-0.2, -0.15) is 0 Å². The van der Waals surface area contributed by atoms with Gasteiger partial charge >= 0.3 is 0 Å². The molecule has 0 amide bonds. The average Bonchev–Trinajstić information content (AvgIpc) is 1.73. The lowest BCUT2D eigenvalue weighted by Gasteiger charge is -1.89. The summed E-state index contributed by atoms with van der Waals surface area (Å²) in [5, 5.41) is 0. The van der Waals surface area contributed by atoms with Crippen LogP contribution in [-0.4, -0.2) is 5.54 Å². The Labute approximate surface area is 37.8 Å². The van der Waals surface area contributed by atoms with Gasteiger partial charge in [-0.25, -0.2) is 0 Å². The third-order valence-corrected chi connectivity index (χ3v) is 1.26. The van der Waals surface area contributed by atoms with E-state index in [1.807, 2.05) is 6.92 Å². The molecule has 34 valence electrons. The molecule has 6 heavy (non-hydrogen) atoms. The quantitative estimate of drug-likeness (QED) is 0.428. The Morgan fingerprint density at radius 2 is 2.17 bits per heavy atom. The molecule has 0 aromatic carbocycles. The topological polar surface area (TPSA) is 26.0 Å². The SMILES string of the molecule is C=C1CC1(C)N. The van der Waals surface area contributed by atoms with E-state index in [-0.39, 0.29) is 5.54 Å². The highest BCUT2D eigenvalue weighted by atomic mass is 14.8. The first-order chi connectivity index (χ1) is 2.63. The normalized spacial score (nSPS) is 43.3. The zero-order chi connectivity index (χ0) is 4.78. The number of rotatable bonds is 0. The Morgan fingerprint density at radius 3 is 2.17 bits per heavy atom. The second-order valence-corrected chi connectivity index (χ2v) is 2.20. The predicted octanol–water partition coefficient (Wildman–Crippen LogP) is 0.664. The van der Waals surface area contributed by atoms with E-state index < -0.39 is 0 Å². The highest BCUT2D eigenvalue weighted by Gasteiger charge is 2.37. The zero-order valence-electron chi connectivity index (χ0n) is 3.99. The smallest absolute Gasteiger partial charge is 0.0376 e. The van der Waals surface area contributed by atoms with E-state index in [0.29, 0.717) is 0 Å². The van der Waals surface area contributed by atoms with Gasteiger partial charge in [0.1, 0.15) is 0 Å². The van der Waals surface area contributed by atoms with Gasteiger partial charge in [0.2, 0.25) is 0 Å². The van der Waals surface area contributed by atoms with E-state index in [0.717, 1.165) is 6.42 Å². The fourth-order valence-corrected chi connectivity index (χ4v) is 0.399. The van der Waals surface area contributed by atoms with Crippen LogP contribution >= 0.6 is 0 Å². The van der Waals surface area contributed by atoms with Crippen LogP contribution < -0.4 is 5.73 Å². The van der Waals surface area contributed by atoms with Crippen molar-refractivity contribution in [3.8, 4) is 0 Å². The molecule has 0 aromatic heterocycles. The molecule has 1 aliphatic carbocycles. The predicted molar refractivity (Wildman–Crippen MR) is 26.3 cm³/mol. The molecule has 0 radical (unpaired) electrons. The molecule has 0 bridgehead atoms. The van der Waals surface area contributed by atoms with E-state index in [4.69, 9.17) is 5.73 Å². The van der Waals surface area contributed by atoms with Crippen LogP contribution in [0.1, 0.15) is 13.3 Å². The molecule has 1 fully saturated rings. The molecular formula is C5H9N. The van der Waals surface area contributed by atoms with Gasteiger partial charge in [0.15, 0.2) is 0 Å². The van der Waals surface area contributed by atoms with Crippen LogP contribution in [-0.2, 0) is 0 Å². The Morgan fingerprint density at radius 1 is 2.00 bits per heavy atom. The van der Waals surface area contributed by atoms with Crippen LogP contribution in [0.2, 0.25) is 0 Å². The molecule has 0 saturated heterocycles. The van der Waals surface area contributed by atoms with E-state index in [9.17, 15) is 0 Å². The fraction of sp³-hybridized carbons (Fsp3) is 0.600. The lowest BCUT2D eigenvalue weighted by molar-refractivity contribution is 0.794. The number of hydrogen-bond acceptors (Lipinski definition) is 1. The van der Waals surface area contributed by atoms with Crippen LogP contribution in [0.5, 0.6) is 0 Å². The molecule has 0 spiro atoms. The second kappa shape index (κ2) is 0.684. The standard InChI is InChI=1S/C5H9N/c1-4-3-5(4,2)6/h1,3,6H2,2H3. The van der Waals surface area contributed by atoms with Crippen molar-refractivity contribution >= 4 is 0 Å². The molecule has 1 atom stereocenters. The first kappa shape index (κ1) is 3.88. The summed E-state index contributed by atoms with van der Waals surface area (Å²) in [7, 11) is 0. The fourth-order valence-electron chi connectivity index (χ4n) is 0.399. The molecule has 1 heteroatoms. The summed E-state index contributed by atoms with van der Waals surface area (Å²) in [6.07, 6.45) is 1.02. The monoisotopic (exact) mass is 83.1 g/mol. The molecule has 0 heterocycles. The zero-order valence-corrected chi connectivity index (χ0v) is 3.99. The minimum Gasteiger partial charge on any atom is -0.322 e. The number of hydrogen-bond donors (Lipinski definition) is 1. The summed E-state index contributed by atoms with van der Waals surface area (Å²) < 4.78 is 0. The second-order valence-electron chi connectivity index (χ2n) is 2.20. The van der Waals surface area contributed by atoms with Gasteiger partial charge in [-0.05, 0) is 13.3 Å². The maximum atomic E-state index is 5.51. The van der Waals surface area contributed by atoms with Gasteiger partial charge in [-0.1, -0.05) is 12.2 Å². The molecule has 2 N–H and O–H groups in total. The highest BCUT2D eigenvalue weighted by molar-refractivity contribution is 5.32. The van der Waals surface area contributed by atoms with Crippen molar-refractivity contribution in [1.82, 2.24) is 0 Å². The Hall–Kier alpha value is -0.300. The summed E-state index contributed by atoms with van der Waals surface area (Å²) in [5.74, 6) is 0. The molecule has 0 aromatic rings. The van der Waals surface area contributed by atoms with E-state index in [2.05, 4.69) is 6.58 Å². The van der Waals surface area contributed by atoms with Crippen molar-refractivity contribution in [2.24, 2.45) is 5.73 Å². The van der Waals surface area contributed by atoms with Gasteiger partial charge in [-0.3, -0.25) is 0 Å². The highest BCUT2D eigenvalue weighted by Crippen LogP contribution is 2.37. The summed E-state index contributed by atoms with van der Waals surface area (Å²) in [4.78, 5) is 0. The Balaban J connectivity index is 2.63. The maximum Gasteiger partial charge on any atom is 0.0376 e. The summed E-state index contributed by atoms with van der Waals surface area (Å²) in [6.45, 7) is 5.69. The molecule has 1 unspecified atom stereocenters. The van der Waals surface area contributed by atoms with Crippen LogP contribution in [0.15, 0.2) is 12.2 Å². The van der Waals surface area contributed by atoms with Crippen LogP contribution in [0.4, 0.5) is 0 Å². The summed E-state index contributed by atoms with van der Waals surface area (Å²) in [6, 6.07) is 0. The summed E-state index contributed by atoms with van der Waals surface area (Å²) >= 11 is 0. The molecule has 0 aliphatic heterocycles. The van der Waals surface area contributed by atoms with E-state index >= 15 is 0 Å². The number of nitrogens with two attached hydrogens (primary N) is 1. The lowest BCUT2D eigenvalue weighted by atomic mass is 10.3. The van der Waals surface area contributed by atoms with Crippen LogP contribution in [0, 0.1) is 0 Å². The van der Waals surface area contributed by atoms with Crippen LogP contribution in [0.3, 0.4) is 0 Å². The Bertz CT molecular complexity index is 92.1. The molecule has 1 rings (SSSR count). The van der Waals surface area contributed by atoms with Crippen molar-refractivity contribution < 1.29 is 0 Å². The van der Waals surface area contributed by atoms with Crippen molar-refractivity contribution in [2.75, 3.05) is 0 Å². The average molecular weight is 83.1 g/mol. The van der Waals surface area contributed by atoms with E-state index in [1.165, 1.54) is 5.57 Å². The van der Waals surface area contributed by atoms with Gasteiger partial charge in [0.05, 0.1) is 0 Å². The van der Waals surface area contributed by atoms with Crippen molar-refractivity contribution in [1.29, 1.82) is 0 Å². The van der Waals surface area contributed by atoms with Gasteiger partial charge in [-0.15, -0.1) is 0 Å². The summed E-state index contributed by atoms with van der Waals surface area (Å²) in [5.41, 5.74) is 6.71. The van der Waals surface area contributed by atoms with Crippen molar-refractivity contribution in [3.05, 3.63) is 12.2 Å². The third kappa shape index (κ3) is 0.356. The minimum atomic E-state index is 0.0139. The molecule has 1 saturated carbocycles. The van der Waals surface area contributed by atoms with Crippen molar-refractivity contribution in [3.63, 3.8) is 0 Å².